The van der Waals surface area contributed by atoms with Gasteiger partial charge in [-0.3, -0.25) is 4.99 Å². The summed E-state index contributed by atoms with van der Waals surface area (Å²) >= 11 is 0. The van der Waals surface area contributed by atoms with Gasteiger partial charge in [0.2, 0.25) is 0 Å². The molecule has 0 saturated carbocycles. The first-order chi connectivity index (χ1) is 4.88. The lowest BCUT2D eigenvalue weighted by Gasteiger charge is -1.97. The normalized spacial score (nSPS) is 11.6. The van der Waals surface area contributed by atoms with Crippen LogP contribution in [0.15, 0.2) is 27.8 Å². The smallest absolute Gasteiger partial charge is 0.252 e. The Hall–Kier alpha value is -1.25. The Labute approximate surface area is 59.3 Å². The second-order valence-electron chi connectivity index (χ2n) is 1.71. The molecule has 0 N–H and O–H groups in total. The molecule has 0 amide bonds. The van der Waals surface area contributed by atoms with Crippen LogP contribution in [-0.2, 0) is 4.74 Å². The van der Waals surface area contributed by atoms with E-state index in [-0.39, 0.29) is 0 Å². The fraction of sp³-hybridized carbons (Fsp3) is 0.286. The Balaban J connectivity index is 2.85. The van der Waals surface area contributed by atoms with Crippen LogP contribution in [0.2, 0.25) is 0 Å². The van der Waals surface area contributed by atoms with E-state index in [9.17, 15) is 0 Å². The van der Waals surface area contributed by atoms with E-state index in [1.807, 2.05) is 0 Å². The third-order valence-electron chi connectivity index (χ3n) is 1.13. The molecule has 0 spiro atoms. The van der Waals surface area contributed by atoms with Crippen LogP contribution >= 0.6 is 0 Å². The lowest BCUT2D eigenvalue weighted by atomic mass is 10.4. The van der Waals surface area contributed by atoms with Gasteiger partial charge in [0.05, 0.1) is 13.4 Å². The Morgan fingerprint density at radius 1 is 1.70 bits per heavy atom. The van der Waals surface area contributed by atoms with Crippen LogP contribution in [0.25, 0.3) is 0 Å². The monoisotopic (exact) mass is 139 g/mol. The van der Waals surface area contributed by atoms with Gasteiger partial charge in [0.25, 0.3) is 5.90 Å². The van der Waals surface area contributed by atoms with E-state index in [1.165, 1.54) is 0 Å². The van der Waals surface area contributed by atoms with Crippen LogP contribution in [-0.4, -0.2) is 20.1 Å². The fourth-order valence-electron chi connectivity index (χ4n) is 0.702. The molecule has 0 bridgehead atoms. The predicted octanol–water partition coefficient (Wildman–Crippen LogP) is 1.30. The molecule has 0 aliphatic carbocycles. The molecule has 0 fully saturated rings. The van der Waals surface area contributed by atoms with Gasteiger partial charge in [0.1, 0.15) is 0 Å². The van der Waals surface area contributed by atoms with Gasteiger partial charge in [0.15, 0.2) is 5.76 Å². The largest absolute Gasteiger partial charge is 0.479 e. The minimum atomic E-state index is 0.519. The van der Waals surface area contributed by atoms with Crippen molar-refractivity contribution in [2.24, 2.45) is 4.99 Å². The average Bonchev–Trinajstić information content (AvgIpc) is 2.43. The number of nitrogens with zero attached hydrogens (tertiary/aromatic N) is 1. The van der Waals surface area contributed by atoms with Crippen molar-refractivity contribution in [1.29, 1.82) is 0 Å². The SMILES string of the molecule is C/N=C(\OC)c1ccco1. The molecule has 0 unspecified atom stereocenters. The number of methoxy groups -OCH3 is 1. The molecule has 0 saturated heterocycles. The minimum absolute atomic E-state index is 0.519. The molecule has 1 aromatic heterocycles. The Morgan fingerprint density at radius 3 is 2.90 bits per heavy atom. The first-order valence-electron chi connectivity index (χ1n) is 2.93. The summed E-state index contributed by atoms with van der Waals surface area (Å²) in [5, 5.41) is 0. The summed E-state index contributed by atoms with van der Waals surface area (Å²) in [5.41, 5.74) is 0. The van der Waals surface area contributed by atoms with Crippen molar-refractivity contribution < 1.29 is 9.15 Å². The molecule has 3 nitrogen and oxygen atoms in total. The van der Waals surface area contributed by atoms with E-state index in [1.54, 1.807) is 32.6 Å². The number of rotatable bonds is 1. The van der Waals surface area contributed by atoms with Gasteiger partial charge in [-0.15, -0.1) is 0 Å². The highest BCUT2D eigenvalue weighted by molar-refractivity contribution is 5.90. The molecular formula is C7H9NO2. The van der Waals surface area contributed by atoms with Crippen molar-refractivity contribution in [2.75, 3.05) is 14.2 Å². The Kier molecular flexibility index (Phi) is 2.10. The summed E-state index contributed by atoms with van der Waals surface area (Å²) < 4.78 is 9.92. The number of ether oxygens (including phenoxy) is 1. The minimum Gasteiger partial charge on any atom is -0.479 e. The van der Waals surface area contributed by atoms with E-state index in [4.69, 9.17) is 9.15 Å². The molecule has 1 heterocycles. The van der Waals surface area contributed by atoms with E-state index >= 15 is 0 Å². The third kappa shape index (κ3) is 1.18. The van der Waals surface area contributed by atoms with Gasteiger partial charge in [-0.05, 0) is 12.1 Å². The molecule has 1 rings (SSSR count). The van der Waals surface area contributed by atoms with Gasteiger partial charge < -0.3 is 9.15 Å². The third-order valence-corrected chi connectivity index (χ3v) is 1.13. The zero-order valence-electron chi connectivity index (χ0n) is 6.00. The molecule has 0 radical (unpaired) electrons. The van der Waals surface area contributed by atoms with Crippen LogP contribution in [0.4, 0.5) is 0 Å². The van der Waals surface area contributed by atoms with Crippen molar-refractivity contribution in [3.8, 4) is 0 Å². The van der Waals surface area contributed by atoms with Crippen molar-refractivity contribution in [3.05, 3.63) is 24.2 Å². The second kappa shape index (κ2) is 3.06. The molecule has 0 aliphatic heterocycles. The van der Waals surface area contributed by atoms with Crippen molar-refractivity contribution >= 4 is 5.90 Å². The summed E-state index contributed by atoms with van der Waals surface area (Å²) in [7, 11) is 3.21. The highest BCUT2D eigenvalue weighted by Crippen LogP contribution is 2.01. The molecule has 0 aliphatic rings. The molecule has 0 aromatic carbocycles. The van der Waals surface area contributed by atoms with Crippen LogP contribution in [0, 0.1) is 0 Å². The standard InChI is InChI=1S/C7H9NO2/c1-8-7(9-2)6-4-3-5-10-6/h3-5H,1-2H3/b8-7-. The van der Waals surface area contributed by atoms with Crippen LogP contribution in [0.3, 0.4) is 0 Å². The van der Waals surface area contributed by atoms with Crippen LogP contribution < -0.4 is 0 Å². The maximum atomic E-state index is 5.02. The quantitative estimate of drug-likeness (QED) is 0.434. The van der Waals surface area contributed by atoms with E-state index in [2.05, 4.69) is 4.99 Å². The first-order valence-corrected chi connectivity index (χ1v) is 2.93. The van der Waals surface area contributed by atoms with Gasteiger partial charge in [-0.1, -0.05) is 0 Å². The molecular weight excluding hydrogens is 130 g/mol. The molecule has 10 heavy (non-hydrogen) atoms. The maximum absolute atomic E-state index is 5.02. The van der Waals surface area contributed by atoms with E-state index in [0.717, 1.165) is 0 Å². The van der Waals surface area contributed by atoms with Crippen LogP contribution in [0.5, 0.6) is 0 Å². The number of aliphatic imine (C=N–C) groups is 1. The van der Waals surface area contributed by atoms with Gasteiger partial charge >= 0.3 is 0 Å². The topological polar surface area (TPSA) is 34.7 Å². The zero-order valence-corrected chi connectivity index (χ0v) is 6.00. The second-order valence-corrected chi connectivity index (χ2v) is 1.71. The van der Waals surface area contributed by atoms with Gasteiger partial charge in [-0.2, -0.15) is 0 Å². The Bertz CT molecular complexity index is 214. The lowest BCUT2D eigenvalue weighted by molar-refractivity contribution is 0.387. The summed E-state index contributed by atoms with van der Waals surface area (Å²) in [4.78, 5) is 3.85. The van der Waals surface area contributed by atoms with E-state index < -0.39 is 0 Å². The molecule has 3 heteroatoms. The van der Waals surface area contributed by atoms with Crippen molar-refractivity contribution in [1.82, 2.24) is 0 Å². The lowest BCUT2D eigenvalue weighted by Crippen LogP contribution is -2.00. The fourth-order valence-corrected chi connectivity index (χ4v) is 0.702. The highest BCUT2D eigenvalue weighted by atomic mass is 16.5. The van der Waals surface area contributed by atoms with Gasteiger partial charge in [0, 0.05) is 7.05 Å². The number of hydrogen-bond acceptors (Lipinski definition) is 3. The summed E-state index contributed by atoms with van der Waals surface area (Å²) in [6.07, 6.45) is 1.58. The summed E-state index contributed by atoms with van der Waals surface area (Å²) in [5.74, 6) is 1.18. The summed E-state index contributed by atoms with van der Waals surface area (Å²) in [6.45, 7) is 0. The zero-order chi connectivity index (χ0) is 7.40. The first kappa shape index (κ1) is 6.86. The predicted molar refractivity (Wildman–Crippen MR) is 38.2 cm³/mol. The Morgan fingerprint density at radius 2 is 2.50 bits per heavy atom. The van der Waals surface area contributed by atoms with Crippen LogP contribution in [0.1, 0.15) is 5.76 Å². The number of furan rings is 1. The number of hydrogen-bond donors (Lipinski definition) is 0. The maximum Gasteiger partial charge on any atom is 0.252 e. The molecule has 0 atom stereocenters. The van der Waals surface area contributed by atoms with E-state index in [0.29, 0.717) is 11.7 Å². The highest BCUT2D eigenvalue weighted by Gasteiger charge is 2.02. The average molecular weight is 139 g/mol. The van der Waals surface area contributed by atoms with Crippen molar-refractivity contribution in [2.45, 2.75) is 0 Å². The molecule has 1 aromatic rings. The molecule has 54 valence electrons. The van der Waals surface area contributed by atoms with Gasteiger partial charge in [-0.25, -0.2) is 0 Å². The summed E-state index contributed by atoms with van der Waals surface area (Å²) in [6, 6.07) is 3.59. The van der Waals surface area contributed by atoms with Crippen molar-refractivity contribution in [3.63, 3.8) is 0 Å².